The van der Waals surface area contributed by atoms with Crippen molar-refractivity contribution < 1.29 is 9.47 Å². The molecule has 3 heteroatoms. The fourth-order valence-corrected chi connectivity index (χ4v) is 1.85. The van der Waals surface area contributed by atoms with Crippen molar-refractivity contribution in [3.63, 3.8) is 0 Å². The van der Waals surface area contributed by atoms with Gasteiger partial charge in [-0.25, -0.2) is 0 Å². The number of hydrogen-bond acceptors (Lipinski definition) is 3. The summed E-state index contributed by atoms with van der Waals surface area (Å²) >= 11 is 0. The van der Waals surface area contributed by atoms with Gasteiger partial charge in [0, 0.05) is 25.0 Å². The van der Waals surface area contributed by atoms with Gasteiger partial charge < -0.3 is 15.2 Å². The van der Waals surface area contributed by atoms with Gasteiger partial charge in [0.05, 0.1) is 13.2 Å². The Morgan fingerprint density at radius 2 is 1.72 bits per heavy atom. The molecule has 0 spiro atoms. The lowest BCUT2D eigenvalue weighted by atomic mass is 10.1. The Hall–Kier alpha value is -1.58. The van der Waals surface area contributed by atoms with Crippen molar-refractivity contribution in [2.45, 2.75) is 6.42 Å². The van der Waals surface area contributed by atoms with E-state index in [4.69, 9.17) is 15.2 Å². The minimum absolute atomic E-state index is 0.574. The summed E-state index contributed by atoms with van der Waals surface area (Å²) in [7, 11) is 0. The highest BCUT2D eigenvalue weighted by Gasteiger charge is 2.00. The molecule has 2 rings (SSSR count). The van der Waals surface area contributed by atoms with Crippen molar-refractivity contribution >= 4 is 10.8 Å². The summed E-state index contributed by atoms with van der Waals surface area (Å²) in [4.78, 5) is 0. The van der Waals surface area contributed by atoms with E-state index in [1.807, 2.05) is 24.3 Å². The monoisotopic (exact) mass is 245 g/mol. The predicted molar refractivity (Wildman–Crippen MR) is 73.9 cm³/mol. The van der Waals surface area contributed by atoms with Gasteiger partial charge in [0.15, 0.2) is 0 Å². The van der Waals surface area contributed by atoms with Gasteiger partial charge >= 0.3 is 0 Å². The Morgan fingerprint density at radius 3 is 2.61 bits per heavy atom. The van der Waals surface area contributed by atoms with E-state index >= 15 is 0 Å². The summed E-state index contributed by atoms with van der Waals surface area (Å²) < 4.78 is 11.1. The molecule has 0 saturated carbocycles. The average molecular weight is 245 g/mol. The lowest BCUT2D eigenvalue weighted by Gasteiger charge is -2.09. The van der Waals surface area contributed by atoms with Gasteiger partial charge in [0.25, 0.3) is 0 Å². The topological polar surface area (TPSA) is 44.5 Å². The maximum atomic E-state index is 5.79. The van der Waals surface area contributed by atoms with E-state index in [0.29, 0.717) is 26.4 Å². The molecular formula is C15H19NO2. The van der Waals surface area contributed by atoms with Crippen LogP contribution < -0.4 is 10.5 Å². The molecule has 0 aliphatic rings. The van der Waals surface area contributed by atoms with Crippen LogP contribution in [0.2, 0.25) is 0 Å². The molecule has 0 saturated heterocycles. The molecule has 0 aromatic heterocycles. The Kier molecular flexibility index (Phi) is 5.00. The van der Waals surface area contributed by atoms with Crippen LogP contribution in [0.25, 0.3) is 10.8 Å². The number of benzene rings is 2. The van der Waals surface area contributed by atoms with Gasteiger partial charge in [0.1, 0.15) is 5.75 Å². The summed E-state index contributed by atoms with van der Waals surface area (Å²) in [5, 5.41) is 2.36. The zero-order valence-corrected chi connectivity index (χ0v) is 10.5. The predicted octanol–water partition coefficient (Wildman–Crippen LogP) is 2.58. The number of hydrogen-bond donors (Lipinski definition) is 1. The molecule has 0 amide bonds. The highest BCUT2D eigenvalue weighted by Crippen LogP contribution is 2.25. The summed E-state index contributed by atoms with van der Waals surface area (Å²) in [6, 6.07) is 14.3. The van der Waals surface area contributed by atoms with Gasteiger partial charge in [-0.3, -0.25) is 0 Å². The summed E-state index contributed by atoms with van der Waals surface area (Å²) in [5.41, 5.74) is 5.34. The van der Waals surface area contributed by atoms with Crippen LogP contribution >= 0.6 is 0 Å². The van der Waals surface area contributed by atoms with E-state index in [2.05, 4.69) is 18.2 Å². The molecule has 0 aliphatic heterocycles. The van der Waals surface area contributed by atoms with Gasteiger partial charge in [-0.05, 0) is 11.5 Å². The Bertz CT molecular complexity index is 479. The van der Waals surface area contributed by atoms with Crippen molar-refractivity contribution in [1.82, 2.24) is 0 Å². The third kappa shape index (κ3) is 3.45. The largest absolute Gasteiger partial charge is 0.493 e. The highest BCUT2D eigenvalue weighted by molar-refractivity contribution is 5.88. The molecule has 0 aliphatic carbocycles. The van der Waals surface area contributed by atoms with E-state index in [-0.39, 0.29) is 0 Å². The second kappa shape index (κ2) is 6.99. The van der Waals surface area contributed by atoms with Gasteiger partial charge in [-0.2, -0.15) is 0 Å². The first-order valence-corrected chi connectivity index (χ1v) is 6.30. The van der Waals surface area contributed by atoms with Crippen LogP contribution in [0, 0.1) is 0 Å². The van der Waals surface area contributed by atoms with E-state index < -0.39 is 0 Å². The van der Waals surface area contributed by atoms with Crippen LogP contribution in [0.5, 0.6) is 5.75 Å². The molecule has 0 unspecified atom stereocenters. The number of ether oxygens (including phenoxy) is 2. The number of nitrogens with two attached hydrogens (primary N) is 1. The molecule has 0 radical (unpaired) electrons. The van der Waals surface area contributed by atoms with Crippen LogP contribution in [-0.4, -0.2) is 26.4 Å². The lowest BCUT2D eigenvalue weighted by Crippen LogP contribution is -2.10. The molecule has 3 nitrogen and oxygen atoms in total. The van der Waals surface area contributed by atoms with Crippen molar-refractivity contribution in [2.75, 3.05) is 26.4 Å². The molecule has 18 heavy (non-hydrogen) atoms. The van der Waals surface area contributed by atoms with Crippen LogP contribution in [-0.2, 0) is 4.74 Å². The van der Waals surface area contributed by atoms with Crippen molar-refractivity contribution in [3.8, 4) is 5.75 Å². The average Bonchev–Trinajstić information content (AvgIpc) is 2.43. The minimum atomic E-state index is 0.574. The fraction of sp³-hybridized carbons (Fsp3) is 0.333. The van der Waals surface area contributed by atoms with E-state index in [9.17, 15) is 0 Å². The Morgan fingerprint density at radius 1 is 0.889 bits per heavy atom. The second-order valence-electron chi connectivity index (χ2n) is 4.08. The molecular weight excluding hydrogens is 226 g/mol. The zero-order valence-electron chi connectivity index (χ0n) is 10.5. The maximum absolute atomic E-state index is 5.79. The first kappa shape index (κ1) is 12.9. The molecule has 2 aromatic carbocycles. The third-order valence-corrected chi connectivity index (χ3v) is 2.70. The molecule has 0 fully saturated rings. The van der Waals surface area contributed by atoms with Crippen LogP contribution in [0.1, 0.15) is 6.42 Å². The Labute approximate surface area is 108 Å². The van der Waals surface area contributed by atoms with Gasteiger partial charge in [0.2, 0.25) is 0 Å². The fourth-order valence-electron chi connectivity index (χ4n) is 1.85. The molecule has 2 aromatic rings. The van der Waals surface area contributed by atoms with Crippen molar-refractivity contribution in [1.29, 1.82) is 0 Å². The van der Waals surface area contributed by atoms with Crippen molar-refractivity contribution in [2.24, 2.45) is 5.73 Å². The maximum Gasteiger partial charge on any atom is 0.127 e. The minimum Gasteiger partial charge on any atom is -0.493 e. The van der Waals surface area contributed by atoms with Gasteiger partial charge in [-0.15, -0.1) is 0 Å². The third-order valence-electron chi connectivity index (χ3n) is 2.70. The summed E-state index contributed by atoms with van der Waals surface area (Å²) in [5.74, 6) is 0.937. The molecule has 2 N–H and O–H groups in total. The van der Waals surface area contributed by atoms with E-state index in [0.717, 1.165) is 17.6 Å². The van der Waals surface area contributed by atoms with Crippen molar-refractivity contribution in [3.05, 3.63) is 42.5 Å². The first-order valence-electron chi connectivity index (χ1n) is 6.30. The van der Waals surface area contributed by atoms with E-state index in [1.54, 1.807) is 0 Å². The summed E-state index contributed by atoms with van der Waals surface area (Å²) in [6.07, 6.45) is 0.878. The number of fused-ring (bicyclic) bond motifs is 1. The SMILES string of the molecule is NCCOCCCOc1cccc2ccccc12. The molecule has 0 bridgehead atoms. The normalized spacial score (nSPS) is 10.7. The van der Waals surface area contributed by atoms with Crippen LogP contribution in [0.15, 0.2) is 42.5 Å². The highest BCUT2D eigenvalue weighted by atomic mass is 16.5. The standard InChI is InChI=1S/C15H19NO2/c16-9-12-17-10-4-11-18-15-8-3-6-13-5-1-2-7-14(13)15/h1-3,5-8H,4,9-12,16H2. The smallest absolute Gasteiger partial charge is 0.127 e. The molecule has 0 atom stereocenters. The second-order valence-corrected chi connectivity index (χ2v) is 4.08. The molecule has 96 valence electrons. The number of rotatable bonds is 7. The van der Waals surface area contributed by atoms with E-state index in [1.165, 1.54) is 5.39 Å². The lowest BCUT2D eigenvalue weighted by molar-refractivity contribution is 0.126. The molecule has 0 heterocycles. The zero-order chi connectivity index (χ0) is 12.6. The van der Waals surface area contributed by atoms with Crippen LogP contribution in [0.3, 0.4) is 0 Å². The van der Waals surface area contributed by atoms with Crippen LogP contribution in [0.4, 0.5) is 0 Å². The quantitative estimate of drug-likeness (QED) is 0.762. The summed E-state index contributed by atoms with van der Waals surface area (Å²) in [6.45, 7) is 2.55. The first-order chi connectivity index (χ1) is 8.92. The Balaban J connectivity index is 1.88. The van der Waals surface area contributed by atoms with Gasteiger partial charge in [-0.1, -0.05) is 36.4 Å².